The van der Waals surface area contributed by atoms with Crippen molar-refractivity contribution in [2.45, 2.75) is 51.2 Å². The molecule has 0 saturated heterocycles. The van der Waals surface area contributed by atoms with Crippen LogP contribution in [0.3, 0.4) is 0 Å². The minimum absolute atomic E-state index is 0.0586. The molecule has 4 rings (SSSR count). The minimum Gasteiger partial charge on any atom is -0.390 e. The van der Waals surface area contributed by atoms with E-state index >= 15 is 0 Å². The second kappa shape index (κ2) is 6.82. The lowest BCUT2D eigenvalue weighted by molar-refractivity contribution is 0.0140. The third-order valence-corrected chi connectivity index (χ3v) is 5.60. The van der Waals surface area contributed by atoms with Crippen molar-refractivity contribution in [3.05, 3.63) is 53.9 Å². The molecule has 0 bridgehead atoms. The molecule has 5 nitrogen and oxygen atoms in total. The number of aliphatic hydroxyl groups is 1. The van der Waals surface area contributed by atoms with Crippen molar-refractivity contribution in [2.75, 3.05) is 0 Å². The molecule has 140 valence electrons. The standard InChI is InChI=1S/C22H25N3O2/c1-14-13-24-20(18-9-12-23-19(14)18)15-3-5-16(6-4-15)21(26)25-17-7-10-22(2,27)11-8-17/h3-6,9,12-13,17,23,27H,7-8,10-11H2,1-2H3,(H,25,26). The SMILES string of the molecule is Cc1cnc(-c2ccc(C(=O)NC3CCC(C)(O)CC3)cc2)c2cc[nH]c12. The van der Waals surface area contributed by atoms with Gasteiger partial charge in [0, 0.05) is 34.9 Å². The number of nitrogens with zero attached hydrogens (tertiary/aromatic N) is 1. The molecule has 2 heterocycles. The van der Waals surface area contributed by atoms with Gasteiger partial charge in [0.05, 0.1) is 16.8 Å². The number of carbonyl (C=O) groups is 1. The molecule has 0 aliphatic heterocycles. The van der Waals surface area contributed by atoms with E-state index in [0.717, 1.165) is 53.4 Å². The van der Waals surface area contributed by atoms with Crippen LogP contribution in [-0.4, -0.2) is 32.6 Å². The van der Waals surface area contributed by atoms with Crippen molar-refractivity contribution >= 4 is 16.8 Å². The number of fused-ring (bicyclic) bond motifs is 1. The van der Waals surface area contributed by atoms with Gasteiger partial charge in [0.15, 0.2) is 0 Å². The average Bonchev–Trinajstić information content (AvgIpc) is 3.15. The van der Waals surface area contributed by atoms with E-state index in [1.807, 2.05) is 56.6 Å². The van der Waals surface area contributed by atoms with E-state index in [1.54, 1.807) is 0 Å². The molecule has 0 radical (unpaired) electrons. The van der Waals surface area contributed by atoms with Crippen LogP contribution in [0.2, 0.25) is 0 Å². The number of carbonyl (C=O) groups excluding carboxylic acids is 1. The van der Waals surface area contributed by atoms with Gasteiger partial charge < -0.3 is 15.4 Å². The fraction of sp³-hybridized carbons (Fsp3) is 0.364. The maximum Gasteiger partial charge on any atom is 0.251 e. The third kappa shape index (κ3) is 3.60. The number of nitrogens with one attached hydrogen (secondary N) is 2. The number of hydrogen-bond acceptors (Lipinski definition) is 3. The Morgan fingerprint density at radius 2 is 1.93 bits per heavy atom. The van der Waals surface area contributed by atoms with Crippen molar-refractivity contribution < 1.29 is 9.90 Å². The molecule has 1 aliphatic carbocycles. The first-order chi connectivity index (χ1) is 12.9. The van der Waals surface area contributed by atoms with Crippen LogP contribution in [0.1, 0.15) is 48.5 Å². The highest BCUT2D eigenvalue weighted by Crippen LogP contribution is 2.29. The van der Waals surface area contributed by atoms with Crippen LogP contribution >= 0.6 is 0 Å². The van der Waals surface area contributed by atoms with Gasteiger partial charge in [-0.05, 0) is 63.3 Å². The number of rotatable bonds is 3. The Hall–Kier alpha value is -2.66. The number of hydrogen-bond donors (Lipinski definition) is 3. The molecule has 2 aromatic heterocycles. The lowest BCUT2D eigenvalue weighted by atomic mass is 9.83. The van der Waals surface area contributed by atoms with Gasteiger partial charge in [0.25, 0.3) is 5.91 Å². The number of benzene rings is 1. The van der Waals surface area contributed by atoms with Crippen molar-refractivity contribution in [2.24, 2.45) is 0 Å². The number of amides is 1. The molecule has 1 aliphatic rings. The molecule has 1 amide bonds. The van der Waals surface area contributed by atoms with Crippen molar-refractivity contribution in [3.63, 3.8) is 0 Å². The second-order valence-corrected chi connectivity index (χ2v) is 7.88. The lowest BCUT2D eigenvalue weighted by Gasteiger charge is -2.33. The normalized spacial score (nSPS) is 22.7. The Balaban J connectivity index is 1.49. The van der Waals surface area contributed by atoms with E-state index in [-0.39, 0.29) is 11.9 Å². The zero-order valence-electron chi connectivity index (χ0n) is 15.7. The molecule has 1 aromatic carbocycles. The van der Waals surface area contributed by atoms with Crippen LogP contribution in [0, 0.1) is 6.92 Å². The fourth-order valence-corrected chi connectivity index (χ4v) is 3.85. The van der Waals surface area contributed by atoms with Crippen molar-refractivity contribution in [1.29, 1.82) is 0 Å². The lowest BCUT2D eigenvalue weighted by Crippen LogP contribution is -2.42. The van der Waals surface area contributed by atoms with Gasteiger partial charge in [-0.2, -0.15) is 0 Å². The number of pyridine rings is 1. The Morgan fingerprint density at radius 1 is 1.22 bits per heavy atom. The van der Waals surface area contributed by atoms with Gasteiger partial charge in [0.2, 0.25) is 0 Å². The van der Waals surface area contributed by atoms with Crippen LogP contribution in [0.25, 0.3) is 22.2 Å². The molecular weight excluding hydrogens is 338 g/mol. The maximum absolute atomic E-state index is 12.5. The molecule has 0 atom stereocenters. The Labute approximate surface area is 158 Å². The fourth-order valence-electron chi connectivity index (χ4n) is 3.85. The van der Waals surface area contributed by atoms with Crippen molar-refractivity contribution in [1.82, 2.24) is 15.3 Å². The highest BCUT2D eigenvalue weighted by molar-refractivity contribution is 5.97. The van der Waals surface area contributed by atoms with E-state index < -0.39 is 5.60 Å². The predicted molar refractivity (Wildman–Crippen MR) is 107 cm³/mol. The first kappa shape index (κ1) is 17.7. The smallest absolute Gasteiger partial charge is 0.251 e. The average molecular weight is 363 g/mol. The van der Waals surface area contributed by atoms with Gasteiger partial charge >= 0.3 is 0 Å². The van der Waals surface area contributed by atoms with Crippen LogP contribution in [0.5, 0.6) is 0 Å². The molecule has 5 heteroatoms. The predicted octanol–water partition coefficient (Wildman–Crippen LogP) is 3.96. The van der Waals surface area contributed by atoms with E-state index in [1.165, 1.54) is 0 Å². The van der Waals surface area contributed by atoms with Gasteiger partial charge in [-0.25, -0.2) is 0 Å². The largest absolute Gasteiger partial charge is 0.390 e. The monoisotopic (exact) mass is 363 g/mol. The zero-order valence-corrected chi connectivity index (χ0v) is 15.7. The summed E-state index contributed by atoms with van der Waals surface area (Å²) in [4.78, 5) is 20.4. The number of aromatic amines is 1. The Kier molecular flexibility index (Phi) is 4.48. The zero-order chi connectivity index (χ0) is 19.0. The van der Waals surface area contributed by atoms with Crippen LogP contribution in [0.15, 0.2) is 42.7 Å². The van der Waals surface area contributed by atoms with Crippen molar-refractivity contribution in [3.8, 4) is 11.3 Å². The van der Waals surface area contributed by atoms with E-state index in [4.69, 9.17) is 0 Å². The molecule has 3 aromatic rings. The van der Waals surface area contributed by atoms with E-state index in [9.17, 15) is 9.90 Å². The van der Waals surface area contributed by atoms with Gasteiger partial charge in [-0.1, -0.05) is 12.1 Å². The highest BCUT2D eigenvalue weighted by atomic mass is 16.3. The first-order valence-corrected chi connectivity index (χ1v) is 9.49. The number of H-pyrrole nitrogens is 1. The quantitative estimate of drug-likeness (QED) is 0.659. The van der Waals surface area contributed by atoms with Gasteiger partial charge in [0.1, 0.15) is 0 Å². The molecule has 0 unspecified atom stereocenters. The van der Waals surface area contributed by atoms with E-state index in [2.05, 4.69) is 15.3 Å². The number of aromatic nitrogens is 2. The topological polar surface area (TPSA) is 78.0 Å². The summed E-state index contributed by atoms with van der Waals surface area (Å²) in [5, 5.41) is 14.2. The molecule has 0 spiro atoms. The summed E-state index contributed by atoms with van der Waals surface area (Å²) >= 11 is 0. The maximum atomic E-state index is 12.5. The first-order valence-electron chi connectivity index (χ1n) is 9.49. The number of aryl methyl sites for hydroxylation is 1. The Morgan fingerprint density at radius 3 is 2.63 bits per heavy atom. The summed E-state index contributed by atoms with van der Waals surface area (Å²) in [6, 6.07) is 9.77. The molecule has 1 fully saturated rings. The summed E-state index contributed by atoms with van der Waals surface area (Å²) in [7, 11) is 0. The van der Waals surface area contributed by atoms with Gasteiger partial charge in [-0.15, -0.1) is 0 Å². The Bertz CT molecular complexity index is 963. The summed E-state index contributed by atoms with van der Waals surface area (Å²) in [6.07, 6.45) is 6.87. The summed E-state index contributed by atoms with van der Waals surface area (Å²) in [5.74, 6) is -0.0586. The third-order valence-electron chi connectivity index (χ3n) is 5.60. The highest BCUT2D eigenvalue weighted by Gasteiger charge is 2.29. The summed E-state index contributed by atoms with van der Waals surface area (Å²) in [5.41, 5.74) is 4.17. The summed E-state index contributed by atoms with van der Waals surface area (Å²) in [6.45, 7) is 3.90. The summed E-state index contributed by atoms with van der Waals surface area (Å²) < 4.78 is 0. The molecule has 27 heavy (non-hydrogen) atoms. The van der Waals surface area contributed by atoms with Crippen LogP contribution in [-0.2, 0) is 0 Å². The van der Waals surface area contributed by atoms with E-state index in [0.29, 0.717) is 5.56 Å². The second-order valence-electron chi connectivity index (χ2n) is 7.88. The molecule has 3 N–H and O–H groups in total. The van der Waals surface area contributed by atoms with Crippen LogP contribution in [0.4, 0.5) is 0 Å². The van der Waals surface area contributed by atoms with Gasteiger partial charge in [-0.3, -0.25) is 9.78 Å². The molecular formula is C22H25N3O2. The van der Waals surface area contributed by atoms with Crippen LogP contribution < -0.4 is 5.32 Å². The minimum atomic E-state index is -0.590. The molecule has 1 saturated carbocycles.